The van der Waals surface area contributed by atoms with Crippen molar-refractivity contribution in [2.45, 2.75) is 32.6 Å². The first-order valence-electron chi connectivity index (χ1n) is 12.0. The summed E-state index contributed by atoms with van der Waals surface area (Å²) in [6, 6.07) is 0. The number of ether oxygens (including phenoxy) is 9. The molecule has 0 fully saturated rings. The van der Waals surface area contributed by atoms with E-state index in [1.165, 1.54) is 19.3 Å². The van der Waals surface area contributed by atoms with Gasteiger partial charge in [-0.1, -0.05) is 26.2 Å². The van der Waals surface area contributed by atoms with Crippen LogP contribution in [0.25, 0.3) is 0 Å². The smallest absolute Gasteiger partial charge is 0.0701 e. The summed E-state index contributed by atoms with van der Waals surface area (Å²) in [5.41, 5.74) is 0. The van der Waals surface area contributed by atoms with Crippen molar-refractivity contribution < 1.29 is 42.6 Å². The largest absolute Gasteiger partial charge is 0.382 e. The minimum absolute atomic E-state index is 0.541. The highest BCUT2D eigenvalue weighted by molar-refractivity contribution is 4.40. The fourth-order valence-electron chi connectivity index (χ4n) is 2.41. The van der Waals surface area contributed by atoms with Crippen LogP contribution in [-0.4, -0.2) is 119 Å². The van der Waals surface area contributed by atoms with Gasteiger partial charge in [0, 0.05) is 13.7 Å². The third-order valence-electron chi connectivity index (χ3n) is 4.18. The van der Waals surface area contributed by atoms with Gasteiger partial charge in [0.15, 0.2) is 0 Å². The Bertz CT molecular complexity index is 292. The second kappa shape index (κ2) is 30.6. The summed E-state index contributed by atoms with van der Waals surface area (Å²) >= 11 is 0. The molecule has 0 bridgehead atoms. The van der Waals surface area contributed by atoms with Crippen LogP contribution >= 0.6 is 0 Å². The van der Waals surface area contributed by atoms with Crippen molar-refractivity contribution in [3.05, 3.63) is 0 Å². The first kappa shape index (κ1) is 31.6. The molecule has 0 N–H and O–H groups in total. The number of methoxy groups -OCH3 is 1. The van der Waals surface area contributed by atoms with Gasteiger partial charge in [-0.25, -0.2) is 0 Å². The van der Waals surface area contributed by atoms with Crippen molar-refractivity contribution in [2.75, 3.05) is 119 Å². The Morgan fingerprint density at radius 1 is 0.312 bits per heavy atom. The quantitative estimate of drug-likeness (QED) is 0.154. The second-order valence-electron chi connectivity index (χ2n) is 6.95. The van der Waals surface area contributed by atoms with E-state index in [-0.39, 0.29) is 0 Å². The van der Waals surface area contributed by atoms with Crippen LogP contribution in [0.3, 0.4) is 0 Å². The molecule has 0 amide bonds. The highest BCUT2D eigenvalue weighted by Gasteiger charge is 1.95. The van der Waals surface area contributed by atoms with Crippen LogP contribution in [-0.2, 0) is 42.6 Å². The Balaban J connectivity index is 2.98. The molecule has 0 saturated carbocycles. The third kappa shape index (κ3) is 29.6. The molecule has 0 rings (SSSR count). The highest BCUT2D eigenvalue weighted by Crippen LogP contribution is 1.98. The summed E-state index contributed by atoms with van der Waals surface area (Å²) in [5, 5.41) is 0. The predicted molar refractivity (Wildman–Crippen MR) is 123 cm³/mol. The number of unbranched alkanes of at least 4 members (excludes halogenated alkanes) is 3. The van der Waals surface area contributed by atoms with Crippen LogP contribution in [0, 0.1) is 0 Å². The molecule has 0 saturated heterocycles. The molecule has 0 aromatic heterocycles. The first-order chi connectivity index (χ1) is 15.9. The highest BCUT2D eigenvalue weighted by atomic mass is 16.6. The topological polar surface area (TPSA) is 83.1 Å². The third-order valence-corrected chi connectivity index (χ3v) is 4.18. The lowest BCUT2D eigenvalue weighted by Crippen LogP contribution is -2.15. The van der Waals surface area contributed by atoms with E-state index in [2.05, 4.69) is 6.92 Å². The molecule has 32 heavy (non-hydrogen) atoms. The number of hydrogen-bond donors (Lipinski definition) is 0. The summed E-state index contributed by atoms with van der Waals surface area (Å²) < 4.78 is 48.3. The van der Waals surface area contributed by atoms with Crippen molar-refractivity contribution in [2.24, 2.45) is 0 Å². The molecule has 0 aromatic rings. The lowest BCUT2D eigenvalue weighted by Gasteiger charge is -2.08. The van der Waals surface area contributed by atoms with Crippen molar-refractivity contribution >= 4 is 0 Å². The molecular weight excluding hydrogens is 420 g/mol. The molecule has 0 radical (unpaired) electrons. The Kier molecular flexibility index (Phi) is 30.3. The molecule has 0 atom stereocenters. The van der Waals surface area contributed by atoms with E-state index in [1.807, 2.05) is 0 Å². The standard InChI is InChI=1S/C23H48O9/c1-3-4-5-6-7-25-10-11-27-14-15-29-18-19-31-22-23-32-21-20-30-17-16-28-13-12-26-9-8-24-2/h3-23H2,1-2H3. The average molecular weight is 469 g/mol. The van der Waals surface area contributed by atoms with Crippen molar-refractivity contribution in [1.29, 1.82) is 0 Å². The lowest BCUT2D eigenvalue weighted by atomic mass is 10.2. The number of rotatable bonds is 29. The molecule has 0 unspecified atom stereocenters. The molecule has 0 aliphatic carbocycles. The van der Waals surface area contributed by atoms with Crippen LogP contribution < -0.4 is 0 Å². The van der Waals surface area contributed by atoms with E-state index < -0.39 is 0 Å². The average Bonchev–Trinajstić information content (AvgIpc) is 2.81. The van der Waals surface area contributed by atoms with Gasteiger partial charge in [-0.15, -0.1) is 0 Å². The molecule has 0 heterocycles. The maximum Gasteiger partial charge on any atom is 0.0701 e. The minimum Gasteiger partial charge on any atom is -0.382 e. The Labute approximate surface area is 195 Å². The van der Waals surface area contributed by atoms with Gasteiger partial charge in [0.05, 0.1) is 106 Å². The van der Waals surface area contributed by atoms with Gasteiger partial charge >= 0.3 is 0 Å². The van der Waals surface area contributed by atoms with Crippen molar-refractivity contribution in [3.63, 3.8) is 0 Å². The van der Waals surface area contributed by atoms with Gasteiger partial charge in [0.1, 0.15) is 0 Å². The van der Waals surface area contributed by atoms with E-state index >= 15 is 0 Å². The van der Waals surface area contributed by atoms with E-state index in [1.54, 1.807) is 7.11 Å². The van der Waals surface area contributed by atoms with E-state index in [9.17, 15) is 0 Å². The predicted octanol–water partition coefficient (Wildman–Crippen LogP) is 2.35. The summed E-state index contributed by atoms with van der Waals surface area (Å²) in [4.78, 5) is 0. The fourth-order valence-corrected chi connectivity index (χ4v) is 2.41. The normalized spacial score (nSPS) is 11.4. The van der Waals surface area contributed by atoms with E-state index in [4.69, 9.17) is 42.6 Å². The van der Waals surface area contributed by atoms with Crippen molar-refractivity contribution in [1.82, 2.24) is 0 Å². The lowest BCUT2D eigenvalue weighted by molar-refractivity contribution is -0.0243. The summed E-state index contributed by atoms with van der Waals surface area (Å²) in [6.45, 7) is 12.1. The molecular formula is C23H48O9. The summed E-state index contributed by atoms with van der Waals surface area (Å²) in [5.74, 6) is 0. The van der Waals surface area contributed by atoms with Gasteiger partial charge in [-0.3, -0.25) is 0 Å². The summed E-state index contributed by atoms with van der Waals surface area (Å²) in [6.07, 6.45) is 4.92. The van der Waals surface area contributed by atoms with Crippen molar-refractivity contribution in [3.8, 4) is 0 Å². The zero-order valence-corrected chi connectivity index (χ0v) is 20.5. The molecule has 194 valence electrons. The van der Waals surface area contributed by atoms with Gasteiger partial charge in [0.25, 0.3) is 0 Å². The van der Waals surface area contributed by atoms with E-state index in [0.717, 1.165) is 13.0 Å². The Hall–Kier alpha value is -0.360. The molecule has 0 aromatic carbocycles. The van der Waals surface area contributed by atoms with Crippen LogP contribution in [0.4, 0.5) is 0 Å². The van der Waals surface area contributed by atoms with Gasteiger partial charge in [0.2, 0.25) is 0 Å². The zero-order valence-electron chi connectivity index (χ0n) is 20.5. The van der Waals surface area contributed by atoms with Gasteiger partial charge in [-0.05, 0) is 6.42 Å². The van der Waals surface area contributed by atoms with Crippen LogP contribution in [0.1, 0.15) is 32.6 Å². The van der Waals surface area contributed by atoms with Crippen LogP contribution in [0.15, 0.2) is 0 Å². The molecule has 9 nitrogen and oxygen atoms in total. The Morgan fingerprint density at radius 2 is 0.594 bits per heavy atom. The van der Waals surface area contributed by atoms with Crippen LogP contribution in [0.5, 0.6) is 0 Å². The maximum absolute atomic E-state index is 5.51. The molecule has 0 spiro atoms. The number of hydrogen-bond acceptors (Lipinski definition) is 9. The van der Waals surface area contributed by atoms with E-state index in [0.29, 0.717) is 106 Å². The maximum atomic E-state index is 5.51. The zero-order chi connectivity index (χ0) is 23.2. The molecule has 9 heteroatoms. The first-order valence-corrected chi connectivity index (χ1v) is 12.0. The summed E-state index contributed by atoms with van der Waals surface area (Å²) in [7, 11) is 1.65. The fraction of sp³-hybridized carbons (Fsp3) is 1.00. The minimum atomic E-state index is 0.541. The molecule has 0 aliphatic rings. The molecule has 0 aliphatic heterocycles. The second-order valence-corrected chi connectivity index (χ2v) is 6.95. The monoisotopic (exact) mass is 468 g/mol. The van der Waals surface area contributed by atoms with Gasteiger partial charge in [-0.2, -0.15) is 0 Å². The van der Waals surface area contributed by atoms with Crippen LogP contribution in [0.2, 0.25) is 0 Å². The SMILES string of the molecule is CCCCCCOCCOCCOCCOCCOCCOCCOCCOCCOC. The van der Waals surface area contributed by atoms with Gasteiger partial charge < -0.3 is 42.6 Å². The Morgan fingerprint density at radius 3 is 0.875 bits per heavy atom.